The Morgan fingerprint density at radius 2 is 1.46 bits per heavy atom. The number of hydrogen-bond donors (Lipinski definition) is 0. The average Bonchev–Trinajstić information content (AvgIpc) is 2.82. The van der Waals surface area contributed by atoms with Gasteiger partial charge in [-0.25, -0.2) is 4.79 Å². The fourth-order valence-corrected chi connectivity index (χ4v) is 3.21. The minimum absolute atomic E-state index is 0.211. The summed E-state index contributed by atoms with van der Waals surface area (Å²) in [5.41, 5.74) is 0.324. The summed E-state index contributed by atoms with van der Waals surface area (Å²) in [4.78, 5) is 12.0. The van der Waals surface area contributed by atoms with E-state index in [0.29, 0.717) is 21.5 Å². The lowest BCUT2D eigenvalue weighted by Gasteiger charge is -2.12. The van der Waals surface area contributed by atoms with Crippen molar-refractivity contribution in [3.8, 4) is 17.2 Å². The highest BCUT2D eigenvalue weighted by Crippen LogP contribution is 2.39. The number of ether oxygens (including phenoxy) is 1. The van der Waals surface area contributed by atoms with Gasteiger partial charge < -0.3 is 9.30 Å². The van der Waals surface area contributed by atoms with Crippen molar-refractivity contribution in [2.24, 2.45) is 7.05 Å². The Labute approximate surface area is 157 Å². The highest BCUT2D eigenvalue weighted by atomic mass is 35.5. The van der Waals surface area contributed by atoms with E-state index in [9.17, 15) is 4.79 Å². The van der Waals surface area contributed by atoms with Crippen LogP contribution in [0.4, 0.5) is 0 Å². The molecule has 8 heteroatoms. The Bertz CT molecular complexity index is 935. The molecule has 24 heavy (non-hydrogen) atoms. The molecule has 0 spiro atoms. The first-order valence-electron chi connectivity index (χ1n) is 6.72. The summed E-state index contributed by atoms with van der Waals surface area (Å²) in [6.45, 7) is 0. The van der Waals surface area contributed by atoms with E-state index in [1.165, 1.54) is 9.13 Å². The van der Waals surface area contributed by atoms with E-state index in [1.807, 2.05) is 0 Å². The van der Waals surface area contributed by atoms with Crippen LogP contribution in [0, 0.1) is 0 Å². The molecule has 0 amide bonds. The summed E-state index contributed by atoms with van der Waals surface area (Å²) in [5.74, 6) is 0.658. The van der Waals surface area contributed by atoms with Crippen molar-refractivity contribution in [3.05, 3.63) is 73.3 Å². The Balaban J connectivity index is 2.01. The monoisotopic (exact) mass is 402 g/mol. The van der Waals surface area contributed by atoms with E-state index >= 15 is 0 Å². The van der Waals surface area contributed by atoms with Crippen LogP contribution in [-0.2, 0) is 7.05 Å². The zero-order valence-electron chi connectivity index (χ0n) is 12.3. The van der Waals surface area contributed by atoms with Gasteiger partial charge >= 0.3 is 5.69 Å². The van der Waals surface area contributed by atoms with Crippen LogP contribution in [0.2, 0.25) is 20.1 Å². The lowest BCUT2D eigenvalue weighted by Crippen LogP contribution is -2.20. The molecular weight excluding hydrogens is 394 g/mol. The molecule has 3 rings (SSSR count). The van der Waals surface area contributed by atoms with Gasteiger partial charge in [0, 0.05) is 29.5 Å². The molecule has 1 heterocycles. The SMILES string of the molecule is Cn1ccn(-c2cc(Cl)c(Oc3cc(Cl)cc(Cl)c3)c(Cl)c2)c1=O. The van der Waals surface area contributed by atoms with Gasteiger partial charge in [0.25, 0.3) is 0 Å². The maximum Gasteiger partial charge on any atom is 0.332 e. The maximum absolute atomic E-state index is 12.0. The van der Waals surface area contributed by atoms with Crippen molar-refractivity contribution in [2.75, 3.05) is 0 Å². The summed E-state index contributed by atoms with van der Waals surface area (Å²) >= 11 is 24.5. The van der Waals surface area contributed by atoms with Gasteiger partial charge in [-0.05, 0) is 30.3 Å². The Hall–Kier alpha value is -1.59. The molecule has 124 valence electrons. The number of nitrogens with zero attached hydrogens (tertiary/aromatic N) is 2. The first-order valence-corrected chi connectivity index (χ1v) is 8.23. The third-order valence-corrected chi connectivity index (χ3v) is 4.26. The molecule has 2 aromatic carbocycles. The predicted molar refractivity (Wildman–Crippen MR) is 97.6 cm³/mol. The topological polar surface area (TPSA) is 36.2 Å². The minimum atomic E-state index is -0.211. The predicted octanol–water partition coefficient (Wildman–Crippen LogP) is 5.58. The minimum Gasteiger partial charge on any atom is -0.454 e. The molecule has 0 saturated carbocycles. The van der Waals surface area contributed by atoms with E-state index in [0.717, 1.165) is 0 Å². The van der Waals surface area contributed by atoms with Crippen molar-refractivity contribution in [2.45, 2.75) is 0 Å². The van der Waals surface area contributed by atoms with Crippen LogP contribution in [0.15, 0.2) is 47.5 Å². The van der Waals surface area contributed by atoms with E-state index < -0.39 is 0 Å². The van der Waals surface area contributed by atoms with E-state index in [-0.39, 0.29) is 21.5 Å². The highest BCUT2D eigenvalue weighted by Gasteiger charge is 2.14. The number of hydrogen-bond acceptors (Lipinski definition) is 2. The first kappa shape index (κ1) is 17.2. The van der Waals surface area contributed by atoms with Crippen molar-refractivity contribution in [1.82, 2.24) is 9.13 Å². The zero-order valence-corrected chi connectivity index (χ0v) is 15.3. The molecular formula is C16H10Cl4N2O2. The number of aryl methyl sites for hydroxylation is 1. The van der Waals surface area contributed by atoms with E-state index in [1.54, 1.807) is 49.8 Å². The van der Waals surface area contributed by atoms with Crippen LogP contribution < -0.4 is 10.4 Å². The van der Waals surface area contributed by atoms with E-state index in [4.69, 9.17) is 51.1 Å². The van der Waals surface area contributed by atoms with Gasteiger partial charge in [0.15, 0.2) is 5.75 Å². The molecule has 1 aromatic heterocycles. The first-order chi connectivity index (χ1) is 11.3. The third-order valence-electron chi connectivity index (χ3n) is 3.26. The lowest BCUT2D eigenvalue weighted by molar-refractivity contribution is 0.483. The van der Waals surface area contributed by atoms with Crippen LogP contribution in [0.1, 0.15) is 0 Å². The molecule has 0 aliphatic heterocycles. The quantitative estimate of drug-likeness (QED) is 0.572. The summed E-state index contributed by atoms with van der Waals surface area (Å²) in [7, 11) is 1.66. The van der Waals surface area contributed by atoms with Crippen molar-refractivity contribution in [3.63, 3.8) is 0 Å². The Morgan fingerprint density at radius 3 is 1.96 bits per heavy atom. The molecule has 0 unspecified atom stereocenters. The summed E-state index contributed by atoms with van der Waals surface area (Å²) in [6, 6.07) is 7.96. The number of benzene rings is 2. The summed E-state index contributed by atoms with van der Waals surface area (Å²) in [6.07, 6.45) is 3.27. The molecule has 0 aliphatic rings. The van der Waals surface area contributed by atoms with Gasteiger partial charge in [0.2, 0.25) is 0 Å². The summed E-state index contributed by atoms with van der Waals surface area (Å²) in [5, 5.41) is 1.36. The average molecular weight is 404 g/mol. The Morgan fingerprint density at radius 1 is 0.875 bits per heavy atom. The van der Waals surface area contributed by atoms with Crippen LogP contribution >= 0.6 is 46.4 Å². The van der Waals surface area contributed by atoms with Crippen molar-refractivity contribution >= 4 is 46.4 Å². The van der Waals surface area contributed by atoms with Gasteiger partial charge in [-0.15, -0.1) is 0 Å². The second-order valence-corrected chi connectivity index (χ2v) is 6.69. The van der Waals surface area contributed by atoms with Crippen LogP contribution in [0.25, 0.3) is 5.69 Å². The van der Waals surface area contributed by atoms with Gasteiger partial charge in [-0.3, -0.25) is 4.57 Å². The van der Waals surface area contributed by atoms with Gasteiger partial charge in [0.05, 0.1) is 15.7 Å². The molecule has 0 fully saturated rings. The van der Waals surface area contributed by atoms with Crippen molar-refractivity contribution in [1.29, 1.82) is 0 Å². The van der Waals surface area contributed by atoms with Gasteiger partial charge in [0.1, 0.15) is 5.75 Å². The fraction of sp³-hybridized carbons (Fsp3) is 0.0625. The third kappa shape index (κ3) is 3.42. The molecule has 0 N–H and O–H groups in total. The molecule has 0 saturated heterocycles. The van der Waals surface area contributed by atoms with Gasteiger partial charge in [-0.2, -0.15) is 0 Å². The standard InChI is InChI=1S/C16H10Cl4N2O2/c1-21-2-3-22(16(21)23)11-7-13(19)15(14(20)8-11)24-12-5-9(17)4-10(18)6-12/h2-8H,1H3. The second kappa shape index (κ2) is 6.73. The summed E-state index contributed by atoms with van der Waals surface area (Å²) < 4.78 is 8.58. The van der Waals surface area contributed by atoms with Crippen LogP contribution in [0.5, 0.6) is 11.5 Å². The molecule has 3 aromatic rings. The van der Waals surface area contributed by atoms with Crippen LogP contribution in [-0.4, -0.2) is 9.13 Å². The molecule has 0 radical (unpaired) electrons. The second-order valence-electron chi connectivity index (χ2n) is 5.01. The number of aromatic nitrogens is 2. The fourth-order valence-electron chi connectivity index (χ4n) is 2.15. The number of halogens is 4. The molecule has 0 bridgehead atoms. The molecule has 0 atom stereocenters. The van der Waals surface area contributed by atoms with Gasteiger partial charge in [-0.1, -0.05) is 46.4 Å². The number of rotatable bonds is 3. The smallest absolute Gasteiger partial charge is 0.332 e. The highest BCUT2D eigenvalue weighted by molar-refractivity contribution is 6.37. The Kier molecular flexibility index (Phi) is 4.83. The lowest BCUT2D eigenvalue weighted by atomic mass is 10.3. The molecule has 4 nitrogen and oxygen atoms in total. The maximum atomic E-state index is 12.0. The molecule has 0 aliphatic carbocycles. The zero-order chi connectivity index (χ0) is 17.4. The largest absolute Gasteiger partial charge is 0.454 e. The van der Waals surface area contributed by atoms with Crippen LogP contribution in [0.3, 0.4) is 0 Å². The van der Waals surface area contributed by atoms with E-state index in [2.05, 4.69) is 0 Å². The van der Waals surface area contributed by atoms with Crippen molar-refractivity contribution < 1.29 is 4.74 Å². The number of imidazole rings is 1. The normalized spacial score (nSPS) is 10.9.